The Bertz CT molecular complexity index is 1160. The van der Waals surface area contributed by atoms with Crippen LogP contribution in [0.25, 0.3) is 0 Å². The molecule has 156 valence electrons. The first kappa shape index (κ1) is 19.9. The molecule has 31 heavy (non-hydrogen) atoms. The molecule has 0 saturated heterocycles. The van der Waals surface area contributed by atoms with Crippen molar-refractivity contribution in [3.05, 3.63) is 100 Å². The maximum atomic E-state index is 13.6. The summed E-state index contributed by atoms with van der Waals surface area (Å²) in [5, 5.41) is 7.21. The van der Waals surface area contributed by atoms with Crippen LogP contribution in [0.2, 0.25) is 0 Å². The van der Waals surface area contributed by atoms with E-state index in [2.05, 4.69) is 50.8 Å². The van der Waals surface area contributed by atoms with Crippen LogP contribution in [-0.4, -0.2) is 12.9 Å². The van der Waals surface area contributed by atoms with E-state index in [4.69, 9.17) is 4.74 Å². The maximum Gasteiger partial charge on any atom is 0.145 e. The van der Waals surface area contributed by atoms with Gasteiger partial charge in [0.2, 0.25) is 0 Å². The van der Waals surface area contributed by atoms with Crippen LogP contribution in [0.3, 0.4) is 0 Å². The minimum atomic E-state index is -0.281. The normalized spacial score (nSPS) is 22.2. The number of nitrogens with one attached hydrogen (secondary N) is 2. The van der Waals surface area contributed by atoms with Crippen molar-refractivity contribution in [3.8, 4) is 5.75 Å². The summed E-state index contributed by atoms with van der Waals surface area (Å²) in [5.74, 6) is 0.801. The van der Waals surface area contributed by atoms with Crippen LogP contribution >= 0.6 is 15.9 Å². The van der Waals surface area contributed by atoms with Gasteiger partial charge in [-0.25, -0.2) is 0 Å². The molecule has 0 fully saturated rings. The molecule has 2 N–H and O–H groups in total. The number of hydrogen-bond acceptors (Lipinski definition) is 4. The van der Waals surface area contributed by atoms with Crippen LogP contribution in [-0.2, 0) is 4.79 Å². The maximum absolute atomic E-state index is 13.6. The summed E-state index contributed by atoms with van der Waals surface area (Å²) in [6.07, 6.45) is 2.70. The Balaban J connectivity index is 1.60. The Labute approximate surface area is 190 Å². The number of rotatable bonds is 3. The van der Waals surface area contributed by atoms with E-state index in [0.29, 0.717) is 6.42 Å². The van der Waals surface area contributed by atoms with Crippen molar-refractivity contribution in [2.75, 3.05) is 17.7 Å². The number of fused-ring (bicyclic) bond motifs is 2. The lowest BCUT2D eigenvalue weighted by atomic mass is 9.76. The van der Waals surface area contributed by atoms with E-state index in [1.54, 1.807) is 7.11 Å². The Kier molecular flexibility index (Phi) is 5.28. The molecule has 1 heterocycles. The van der Waals surface area contributed by atoms with Gasteiger partial charge in [-0.05, 0) is 47.5 Å². The van der Waals surface area contributed by atoms with Gasteiger partial charge in [0, 0.05) is 22.5 Å². The zero-order chi connectivity index (χ0) is 21.4. The Morgan fingerprint density at radius 3 is 2.45 bits per heavy atom. The number of allylic oxidation sites excluding steroid dienone is 1. The van der Waals surface area contributed by atoms with Crippen molar-refractivity contribution in [3.63, 3.8) is 0 Å². The second-order valence-corrected chi connectivity index (χ2v) is 8.91. The smallest absolute Gasteiger partial charge is 0.145 e. The second-order valence-electron chi connectivity index (χ2n) is 8.00. The van der Waals surface area contributed by atoms with Crippen LogP contribution < -0.4 is 15.4 Å². The average Bonchev–Trinajstić information content (AvgIpc) is 2.96. The number of para-hydroxylation sites is 2. The predicted molar refractivity (Wildman–Crippen MR) is 128 cm³/mol. The number of ketones is 1. The number of benzene rings is 3. The third kappa shape index (κ3) is 3.86. The van der Waals surface area contributed by atoms with Gasteiger partial charge in [-0.1, -0.05) is 58.4 Å². The highest BCUT2D eigenvalue weighted by atomic mass is 79.9. The lowest BCUT2D eigenvalue weighted by Gasteiger charge is -2.32. The van der Waals surface area contributed by atoms with E-state index in [-0.39, 0.29) is 23.7 Å². The van der Waals surface area contributed by atoms with Crippen LogP contribution in [0.4, 0.5) is 11.4 Å². The van der Waals surface area contributed by atoms with Gasteiger partial charge in [0.1, 0.15) is 11.5 Å². The summed E-state index contributed by atoms with van der Waals surface area (Å²) in [6, 6.07) is 24.1. The monoisotopic (exact) mass is 474 g/mol. The predicted octanol–water partition coefficient (Wildman–Crippen LogP) is 6.29. The number of methoxy groups -OCH3 is 1. The Morgan fingerprint density at radius 2 is 1.71 bits per heavy atom. The molecular weight excluding hydrogens is 452 g/mol. The summed E-state index contributed by atoms with van der Waals surface area (Å²) in [4.78, 5) is 13.6. The van der Waals surface area contributed by atoms with E-state index >= 15 is 0 Å². The summed E-state index contributed by atoms with van der Waals surface area (Å²) in [5.41, 5.74) is 5.14. The first-order chi connectivity index (χ1) is 15.1. The van der Waals surface area contributed by atoms with Gasteiger partial charge in [0.25, 0.3) is 0 Å². The highest BCUT2D eigenvalue weighted by molar-refractivity contribution is 9.10. The molecule has 5 rings (SSSR count). The molecule has 1 aliphatic heterocycles. The first-order valence-electron chi connectivity index (χ1n) is 10.4. The summed E-state index contributed by atoms with van der Waals surface area (Å²) in [7, 11) is 1.66. The summed E-state index contributed by atoms with van der Waals surface area (Å²) < 4.78 is 6.29. The van der Waals surface area contributed by atoms with Crippen molar-refractivity contribution in [1.29, 1.82) is 0 Å². The molecule has 3 aromatic carbocycles. The lowest BCUT2D eigenvalue weighted by molar-refractivity contribution is -0.122. The van der Waals surface area contributed by atoms with Crippen molar-refractivity contribution in [1.82, 2.24) is 0 Å². The van der Waals surface area contributed by atoms with Crippen molar-refractivity contribution in [2.45, 2.75) is 18.4 Å². The second kappa shape index (κ2) is 8.23. The average molecular weight is 475 g/mol. The van der Waals surface area contributed by atoms with Crippen LogP contribution in [0.5, 0.6) is 5.75 Å². The number of carbonyl (C=O) groups excluding carboxylic acids is 1. The van der Waals surface area contributed by atoms with E-state index in [1.165, 1.54) is 0 Å². The molecule has 1 aliphatic carbocycles. The Hall–Kier alpha value is -3.05. The minimum Gasteiger partial charge on any atom is -0.497 e. The highest BCUT2D eigenvalue weighted by Crippen LogP contribution is 2.44. The molecule has 0 spiro atoms. The van der Waals surface area contributed by atoms with Gasteiger partial charge in [0.05, 0.1) is 30.4 Å². The molecule has 0 bridgehead atoms. The fourth-order valence-corrected chi connectivity index (χ4v) is 4.96. The SMILES string of the molecule is COc1ccc(C2C=C3Nc4ccccc4NC(c4cccc(Br)c4)C3C(=O)C2)cc1. The molecule has 3 aromatic rings. The molecule has 0 saturated carbocycles. The number of anilines is 2. The molecule has 5 heteroatoms. The first-order valence-corrected chi connectivity index (χ1v) is 11.2. The van der Waals surface area contributed by atoms with Gasteiger partial charge < -0.3 is 15.4 Å². The third-order valence-corrected chi connectivity index (χ3v) is 6.58. The minimum absolute atomic E-state index is 0.0329. The molecule has 3 atom stereocenters. The summed E-state index contributed by atoms with van der Waals surface area (Å²) >= 11 is 3.58. The van der Waals surface area contributed by atoms with E-state index in [9.17, 15) is 4.79 Å². The lowest BCUT2D eigenvalue weighted by Crippen LogP contribution is -2.33. The van der Waals surface area contributed by atoms with Gasteiger partial charge in [0.15, 0.2) is 0 Å². The third-order valence-electron chi connectivity index (χ3n) is 6.09. The van der Waals surface area contributed by atoms with Crippen molar-refractivity contribution in [2.24, 2.45) is 5.92 Å². The zero-order valence-corrected chi connectivity index (χ0v) is 18.7. The van der Waals surface area contributed by atoms with Crippen LogP contribution in [0, 0.1) is 5.92 Å². The molecular formula is C26H23BrN2O2. The van der Waals surface area contributed by atoms with Gasteiger partial charge in [-0.15, -0.1) is 0 Å². The fraction of sp³-hybridized carbons (Fsp3) is 0.192. The van der Waals surface area contributed by atoms with E-state index < -0.39 is 0 Å². The molecule has 3 unspecified atom stereocenters. The number of hydrogen-bond donors (Lipinski definition) is 2. The summed E-state index contributed by atoms with van der Waals surface area (Å²) in [6.45, 7) is 0. The van der Waals surface area contributed by atoms with Gasteiger partial charge in [-0.3, -0.25) is 4.79 Å². The number of ether oxygens (including phenoxy) is 1. The van der Waals surface area contributed by atoms with Crippen molar-refractivity contribution >= 4 is 33.1 Å². The number of carbonyl (C=O) groups is 1. The quantitative estimate of drug-likeness (QED) is 0.467. The fourth-order valence-electron chi connectivity index (χ4n) is 4.55. The number of halogens is 1. The largest absolute Gasteiger partial charge is 0.497 e. The molecule has 0 amide bonds. The molecule has 0 radical (unpaired) electrons. The van der Waals surface area contributed by atoms with E-state index in [0.717, 1.165) is 38.4 Å². The van der Waals surface area contributed by atoms with Crippen molar-refractivity contribution < 1.29 is 9.53 Å². The van der Waals surface area contributed by atoms with Crippen LogP contribution in [0.1, 0.15) is 29.5 Å². The molecule has 2 aliphatic rings. The zero-order valence-electron chi connectivity index (χ0n) is 17.1. The molecule has 0 aromatic heterocycles. The van der Waals surface area contributed by atoms with Gasteiger partial charge in [-0.2, -0.15) is 0 Å². The van der Waals surface area contributed by atoms with Crippen LogP contribution in [0.15, 0.2) is 89.0 Å². The topological polar surface area (TPSA) is 50.4 Å². The Morgan fingerprint density at radius 1 is 0.935 bits per heavy atom. The highest BCUT2D eigenvalue weighted by Gasteiger charge is 2.39. The standard InChI is InChI=1S/C26H23BrN2O2/c1-31-20-11-9-16(10-12-20)18-14-23-25(24(30)15-18)26(17-5-4-6-19(27)13-17)29-22-8-3-2-7-21(22)28-23/h2-14,18,25-26,28-29H,15H2,1H3. The number of Topliss-reactive ketones (excluding diaryl/α,β-unsaturated/α-hetero) is 1. The van der Waals surface area contributed by atoms with E-state index in [1.807, 2.05) is 54.6 Å². The van der Waals surface area contributed by atoms with Gasteiger partial charge >= 0.3 is 0 Å². The molecule has 4 nitrogen and oxygen atoms in total.